The molecule has 8 nitrogen and oxygen atoms in total. The number of ether oxygens (including phenoxy) is 2. The van der Waals surface area contributed by atoms with E-state index in [4.69, 9.17) is 26.3 Å². The van der Waals surface area contributed by atoms with Crippen molar-refractivity contribution in [2.45, 2.75) is 6.10 Å². The molecule has 1 amide bonds. The van der Waals surface area contributed by atoms with E-state index in [1.54, 1.807) is 36.4 Å². The van der Waals surface area contributed by atoms with Crippen LogP contribution in [0.1, 0.15) is 17.2 Å². The first-order valence-corrected chi connectivity index (χ1v) is 9.35. The zero-order valence-corrected chi connectivity index (χ0v) is 17.0. The van der Waals surface area contributed by atoms with E-state index in [0.717, 1.165) is 0 Å². The molecule has 3 aromatic carbocycles. The topological polar surface area (TPSA) is 114 Å². The van der Waals surface area contributed by atoms with Crippen LogP contribution in [0, 0.1) is 21.4 Å². The lowest BCUT2D eigenvalue weighted by atomic mass is 10.1. The SMILES string of the molecule is COc1cc(C#N)ccc1O[C@@H](C(=O)Nc1ccc(Cl)c([N+](=O)[O-])c1)c1ccccc1. The van der Waals surface area contributed by atoms with Crippen molar-refractivity contribution >= 4 is 28.9 Å². The molecule has 31 heavy (non-hydrogen) atoms. The second kappa shape index (κ2) is 9.61. The number of nitrogens with zero attached hydrogens (tertiary/aromatic N) is 2. The number of halogens is 1. The Morgan fingerprint density at radius 2 is 1.87 bits per heavy atom. The van der Waals surface area contributed by atoms with Crippen molar-refractivity contribution in [3.63, 3.8) is 0 Å². The van der Waals surface area contributed by atoms with Crippen LogP contribution in [0.2, 0.25) is 5.02 Å². The summed E-state index contributed by atoms with van der Waals surface area (Å²) in [4.78, 5) is 23.6. The fourth-order valence-electron chi connectivity index (χ4n) is 2.80. The minimum Gasteiger partial charge on any atom is -0.493 e. The van der Waals surface area contributed by atoms with Gasteiger partial charge >= 0.3 is 0 Å². The second-order valence-corrected chi connectivity index (χ2v) is 6.71. The lowest BCUT2D eigenvalue weighted by Gasteiger charge is -2.20. The van der Waals surface area contributed by atoms with Gasteiger partial charge in [0, 0.05) is 23.4 Å². The molecular weight excluding hydrogens is 422 g/mol. The molecule has 0 saturated heterocycles. The highest BCUT2D eigenvalue weighted by Gasteiger charge is 2.25. The molecule has 0 spiro atoms. The van der Waals surface area contributed by atoms with E-state index in [1.807, 2.05) is 6.07 Å². The van der Waals surface area contributed by atoms with Crippen LogP contribution in [0.15, 0.2) is 66.7 Å². The number of rotatable bonds is 7. The molecule has 0 bridgehead atoms. The van der Waals surface area contributed by atoms with E-state index >= 15 is 0 Å². The number of carbonyl (C=O) groups excluding carboxylic acids is 1. The fourth-order valence-corrected chi connectivity index (χ4v) is 2.99. The van der Waals surface area contributed by atoms with Crippen molar-refractivity contribution in [3.05, 3.63) is 93.0 Å². The Morgan fingerprint density at radius 1 is 1.13 bits per heavy atom. The van der Waals surface area contributed by atoms with Gasteiger partial charge < -0.3 is 14.8 Å². The van der Waals surface area contributed by atoms with E-state index in [-0.39, 0.29) is 27.9 Å². The quantitative estimate of drug-likeness (QED) is 0.415. The third kappa shape index (κ3) is 5.10. The Hall–Kier alpha value is -4.09. The Bertz CT molecular complexity index is 1160. The van der Waals surface area contributed by atoms with Gasteiger partial charge in [-0.2, -0.15) is 5.26 Å². The molecule has 156 valence electrons. The highest BCUT2D eigenvalue weighted by atomic mass is 35.5. The van der Waals surface area contributed by atoms with Gasteiger partial charge in [0.25, 0.3) is 11.6 Å². The molecule has 0 unspecified atom stereocenters. The van der Waals surface area contributed by atoms with Crippen molar-refractivity contribution in [2.24, 2.45) is 0 Å². The minimum atomic E-state index is -1.10. The molecule has 1 N–H and O–H groups in total. The summed E-state index contributed by atoms with van der Waals surface area (Å²) in [6.45, 7) is 0. The normalized spacial score (nSPS) is 11.1. The Labute approximate surface area is 182 Å². The zero-order chi connectivity index (χ0) is 22.4. The van der Waals surface area contributed by atoms with Gasteiger partial charge in [-0.15, -0.1) is 0 Å². The van der Waals surface area contributed by atoms with E-state index in [0.29, 0.717) is 11.1 Å². The fraction of sp³-hybridized carbons (Fsp3) is 0.0909. The number of benzene rings is 3. The molecular formula is C22H16ClN3O5. The summed E-state index contributed by atoms with van der Waals surface area (Å²) in [7, 11) is 1.42. The monoisotopic (exact) mass is 437 g/mol. The average molecular weight is 438 g/mol. The lowest BCUT2D eigenvalue weighted by Crippen LogP contribution is -2.26. The summed E-state index contributed by atoms with van der Waals surface area (Å²) in [5.74, 6) is -0.0169. The molecule has 3 rings (SSSR count). The Balaban J connectivity index is 1.94. The molecule has 0 aliphatic heterocycles. The smallest absolute Gasteiger partial charge is 0.289 e. The van der Waals surface area contributed by atoms with Gasteiger partial charge in [-0.3, -0.25) is 14.9 Å². The molecule has 1 atom stereocenters. The molecule has 0 saturated carbocycles. The van der Waals surface area contributed by atoms with Crippen molar-refractivity contribution in [1.82, 2.24) is 0 Å². The summed E-state index contributed by atoms with van der Waals surface area (Å²) in [5.41, 5.74) is 0.788. The number of anilines is 1. The standard InChI is InChI=1S/C22H16ClN3O5/c1-30-20-11-14(13-24)7-10-19(20)31-21(15-5-3-2-4-6-15)22(27)25-16-8-9-17(23)18(12-16)26(28)29/h2-12,21H,1H3,(H,25,27)/t21-/m1/s1. The van der Waals surface area contributed by atoms with Crippen LogP contribution in [-0.4, -0.2) is 17.9 Å². The second-order valence-electron chi connectivity index (χ2n) is 6.30. The van der Waals surface area contributed by atoms with E-state index in [2.05, 4.69) is 5.32 Å². The maximum Gasteiger partial charge on any atom is 0.289 e. The number of carbonyl (C=O) groups is 1. The summed E-state index contributed by atoms with van der Waals surface area (Å²) >= 11 is 5.84. The van der Waals surface area contributed by atoms with Crippen LogP contribution < -0.4 is 14.8 Å². The predicted molar refractivity (Wildman–Crippen MR) is 114 cm³/mol. The van der Waals surface area contributed by atoms with Gasteiger partial charge in [0.2, 0.25) is 6.10 Å². The van der Waals surface area contributed by atoms with Crippen LogP contribution in [0.5, 0.6) is 11.5 Å². The summed E-state index contributed by atoms with van der Waals surface area (Å²) in [6, 6.07) is 19.3. The van der Waals surface area contributed by atoms with Gasteiger partial charge in [0.1, 0.15) is 5.02 Å². The highest BCUT2D eigenvalue weighted by Crippen LogP contribution is 2.33. The maximum absolute atomic E-state index is 13.1. The van der Waals surface area contributed by atoms with Crippen LogP contribution in [0.4, 0.5) is 11.4 Å². The van der Waals surface area contributed by atoms with Gasteiger partial charge in [-0.25, -0.2) is 0 Å². The van der Waals surface area contributed by atoms with E-state index < -0.39 is 16.9 Å². The van der Waals surface area contributed by atoms with Gasteiger partial charge in [0.05, 0.1) is 23.7 Å². The van der Waals surface area contributed by atoms with Crippen molar-refractivity contribution in [3.8, 4) is 17.6 Å². The number of methoxy groups -OCH3 is 1. The highest BCUT2D eigenvalue weighted by molar-refractivity contribution is 6.32. The first kappa shape index (κ1) is 21.6. The van der Waals surface area contributed by atoms with E-state index in [1.165, 1.54) is 37.4 Å². The largest absolute Gasteiger partial charge is 0.493 e. The first-order valence-electron chi connectivity index (χ1n) is 8.97. The van der Waals surface area contributed by atoms with Crippen molar-refractivity contribution in [1.29, 1.82) is 5.26 Å². The van der Waals surface area contributed by atoms with Crippen LogP contribution in [0.25, 0.3) is 0 Å². The van der Waals surface area contributed by atoms with Gasteiger partial charge in [-0.1, -0.05) is 41.9 Å². The third-order valence-corrected chi connectivity index (χ3v) is 4.61. The molecule has 9 heteroatoms. The van der Waals surface area contributed by atoms with Crippen LogP contribution >= 0.6 is 11.6 Å². The van der Waals surface area contributed by atoms with Crippen LogP contribution in [-0.2, 0) is 4.79 Å². The van der Waals surface area contributed by atoms with Crippen LogP contribution in [0.3, 0.4) is 0 Å². The summed E-state index contributed by atoms with van der Waals surface area (Å²) in [6.07, 6.45) is -1.10. The lowest BCUT2D eigenvalue weighted by molar-refractivity contribution is -0.384. The number of nitro groups is 1. The average Bonchev–Trinajstić information content (AvgIpc) is 2.79. The minimum absolute atomic E-state index is 0.0406. The molecule has 0 aliphatic rings. The number of nitriles is 1. The summed E-state index contributed by atoms with van der Waals surface area (Å²) in [5, 5.41) is 22.8. The zero-order valence-electron chi connectivity index (χ0n) is 16.2. The van der Waals surface area contributed by atoms with E-state index in [9.17, 15) is 14.9 Å². The molecule has 0 aromatic heterocycles. The molecule has 0 fully saturated rings. The Kier molecular flexibility index (Phi) is 6.70. The molecule has 0 aliphatic carbocycles. The Morgan fingerprint density at radius 3 is 2.52 bits per heavy atom. The number of amides is 1. The molecule has 3 aromatic rings. The molecule has 0 radical (unpaired) electrons. The van der Waals surface area contributed by atoms with Crippen molar-refractivity contribution < 1.29 is 19.2 Å². The predicted octanol–water partition coefficient (Wildman–Crippen LogP) is 4.89. The number of nitro benzene ring substituents is 1. The number of hydrogen-bond acceptors (Lipinski definition) is 6. The van der Waals surface area contributed by atoms with Gasteiger partial charge in [-0.05, 0) is 24.3 Å². The first-order chi connectivity index (χ1) is 14.9. The van der Waals surface area contributed by atoms with Crippen molar-refractivity contribution in [2.75, 3.05) is 12.4 Å². The molecule has 0 heterocycles. The third-order valence-electron chi connectivity index (χ3n) is 4.29. The number of nitrogens with one attached hydrogen (secondary N) is 1. The maximum atomic E-state index is 13.1. The summed E-state index contributed by atoms with van der Waals surface area (Å²) < 4.78 is 11.2. The number of hydrogen-bond donors (Lipinski definition) is 1. The van der Waals surface area contributed by atoms with Gasteiger partial charge in [0.15, 0.2) is 11.5 Å².